The summed E-state index contributed by atoms with van der Waals surface area (Å²) in [6, 6.07) is 8.07. The Morgan fingerprint density at radius 3 is 2.42 bits per heavy atom. The van der Waals surface area contributed by atoms with Crippen molar-refractivity contribution in [3.63, 3.8) is 0 Å². The number of amides is 2. The molecule has 0 saturated heterocycles. The normalized spacial score (nSPS) is 12.0. The Morgan fingerprint density at radius 1 is 1.26 bits per heavy atom. The molecular formula is C14H22ClN3O. The Morgan fingerprint density at radius 2 is 1.89 bits per heavy atom. The van der Waals surface area contributed by atoms with E-state index in [4.69, 9.17) is 11.6 Å². The standard InChI is InChI=1S/C14H22ClN3O/c1-4-13(11-5-7-12(15)8-6-11)16-9-10-17-14(19)18(2)3/h5-8,13,16H,4,9-10H2,1-3H3,(H,17,19). The SMILES string of the molecule is CCC(NCCNC(=O)N(C)C)c1ccc(Cl)cc1. The van der Waals surface area contributed by atoms with Crippen LogP contribution in [0.1, 0.15) is 24.9 Å². The molecule has 19 heavy (non-hydrogen) atoms. The third-order valence-corrected chi connectivity index (χ3v) is 3.13. The molecule has 2 N–H and O–H groups in total. The number of benzene rings is 1. The first-order chi connectivity index (χ1) is 9.04. The molecule has 0 saturated carbocycles. The molecule has 0 aliphatic heterocycles. The number of carbonyl (C=O) groups is 1. The summed E-state index contributed by atoms with van der Waals surface area (Å²) in [5.41, 5.74) is 1.21. The van der Waals surface area contributed by atoms with E-state index in [1.807, 2.05) is 24.3 Å². The van der Waals surface area contributed by atoms with Crippen molar-refractivity contribution in [3.8, 4) is 0 Å². The Kier molecular flexibility index (Phi) is 6.67. The summed E-state index contributed by atoms with van der Waals surface area (Å²) in [7, 11) is 3.45. The van der Waals surface area contributed by atoms with Gasteiger partial charge in [0.2, 0.25) is 0 Å². The van der Waals surface area contributed by atoms with Gasteiger partial charge in [0.1, 0.15) is 0 Å². The number of carbonyl (C=O) groups excluding carboxylic acids is 1. The summed E-state index contributed by atoms with van der Waals surface area (Å²) >= 11 is 5.88. The Hall–Kier alpha value is -1.26. The molecule has 0 aliphatic carbocycles. The summed E-state index contributed by atoms with van der Waals surface area (Å²) in [5.74, 6) is 0. The van der Waals surface area contributed by atoms with Gasteiger partial charge < -0.3 is 15.5 Å². The average Bonchev–Trinajstić information content (AvgIpc) is 2.40. The number of nitrogens with one attached hydrogen (secondary N) is 2. The highest BCUT2D eigenvalue weighted by molar-refractivity contribution is 6.30. The smallest absolute Gasteiger partial charge is 0.316 e. The van der Waals surface area contributed by atoms with Crippen LogP contribution < -0.4 is 10.6 Å². The van der Waals surface area contributed by atoms with Gasteiger partial charge in [0.25, 0.3) is 0 Å². The van der Waals surface area contributed by atoms with Crippen molar-refractivity contribution < 1.29 is 4.79 Å². The third-order valence-electron chi connectivity index (χ3n) is 2.88. The molecule has 0 bridgehead atoms. The Bertz CT molecular complexity index is 392. The number of halogens is 1. The zero-order valence-electron chi connectivity index (χ0n) is 11.7. The Balaban J connectivity index is 2.37. The van der Waals surface area contributed by atoms with E-state index in [0.29, 0.717) is 6.54 Å². The quantitative estimate of drug-likeness (QED) is 0.789. The van der Waals surface area contributed by atoms with Crippen LogP contribution in [0, 0.1) is 0 Å². The molecule has 0 radical (unpaired) electrons. The summed E-state index contributed by atoms with van der Waals surface area (Å²) in [5, 5.41) is 7.00. The van der Waals surface area contributed by atoms with Crippen LogP contribution in [0.5, 0.6) is 0 Å². The summed E-state index contributed by atoms with van der Waals surface area (Å²) in [4.78, 5) is 12.9. The Labute approximate surface area is 120 Å². The lowest BCUT2D eigenvalue weighted by molar-refractivity contribution is 0.217. The molecule has 1 rings (SSSR count). The predicted octanol–water partition coefficient (Wildman–Crippen LogP) is 2.65. The van der Waals surface area contributed by atoms with E-state index < -0.39 is 0 Å². The van der Waals surface area contributed by atoms with Crippen molar-refractivity contribution in [1.82, 2.24) is 15.5 Å². The fourth-order valence-corrected chi connectivity index (χ4v) is 1.89. The van der Waals surface area contributed by atoms with E-state index in [2.05, 4.69) is 17.6 Å². The van der Waals surface area contributed by atoms with Gasteiger partial charge in [0.15, 0.2) is 0 Å². The molecule has 2 amide bonds. The monoisotopic (exact) mass is 283 g/mol. The van der Waals surface area contributed by atoms with E-state index in [1.165, 1.54) is 10.5 Å². The van der Waals surface area contributed by atoms with Gasteiger partial charge in [-0.1, -0.05) is 30.7 Å². The van der Waals surface area contributed by atoms with Crippen LogP contribution in [-0.4, -0.2) is 38.1 Å². The second kappa shape index (κ2) is 8.02. The number of rotatable bonds is 6. The van der Waals surface area contributed by atoms with Gasteiger partial charge in [0.05, 0.1) is 0 Å². The van der Waals surface area contributed by atoms with E-state index in [1.54, 1.807) is 14.1 Å². The van der Waals surface area contributed by atoms with Gasteiger partial charge in [-0.2, -0.15) is 0 Å². The first-order valence-corrected chi connectivity index (χ1v) is 6.86. The van der Waals surface area contributed by atoms with E-state index in [0.717, 1.165) is 18.0 Å². The largest absolute Gasteiger partial charge is 0.337 e. The van der Waals surface area contributed by atoms with E-state index in [9.17, 15) is 4.79 Å². The molecule has 0 aliphatic rings. The highest BCUT2D eigenvalue weighted by Crippen LogP contribution is 2.18. The minimum Gasteiger partial charge on any atom is -0.337 e. The van der Waals surface area contributed by atoms with Gasteiger partial charge in [-0.25, -0.2) is 4.79 Å². The van der Waals surface area contributed by atoms with E-state index >= 15 is 0 Å². The maximum Gasteiger partial charge on any atom is 0.316 e. The van der Waals surface area contributed by atoms with Gasteiger partial charge >= 0.3 is 6.03 Å². The van der Waals surface area contributed by atoms with Crippen molar-refractivity contribution in [2.75, 3.05) is 27.2 Å². The number of urea groups is 1. The van der Waals surface area contributed by atoms with Crippen molar-refractivity contribution >= 4 is 17.6 Å². The van der Waals surface area contributed by atoms with Crippen LogP contribution in [0.2, 0.25) is 5.02 Å². The maximum absolute atomic E-state index is 11.3. The first kappa shape index (κ1) is 15.8. The van der Waals surface area contributed by atoms with Gasteiger partial charge in [0, 0.05) is 38.2 Å². The maximum atomic E-state index is 11.3. The molecule has 0 aromatic heterocycles. The highest BCUT2D eigenvalue weighted by atomic mass is 35.5. The molecule has 4 nitrogen and oxygen atoms in total. The fourth-order valence-electron chi connectivity index (χ4n) is 1.77. The molecule has 1 atom stereocenters. The topological polar surface area (TPSA) is 44.4 Å². The summed E-state index contributed by atoms with van der Waals surface area (Å²) in [6.45, 7) is 3.48. The van der Waals surface area contributed by atoms with Crippen molar-refractivity contribution in [1.29, 1.82) is 0 Å². The average molecular weight is 284 g/mol. The van der Waals surface area contributed by atoms with Gasteiger partial charge in [-0.3, -0.25) is 0 Å². The molecule has 106 valence electrons. The molecule has 5 heteroatoms. The minimum atomic E-state index is -0.0682. The van der Waals surface area contributed by atoms with Crippen molar-refractivity contribution in [3.05, 3.63) is 34.9 Å². The summed E-state index contributed by atoms with van der Waals surface area (Å²) in [6.07, 6.45) is 0.989. The van der Waals surface area contributed by atoms with Gasteiger partial charge in [-0.05, 0) is 24.1 Å². The van der Waals surface area contributed by atoms with E-state index in [-0.39, 0.29) is 12.1 Å². The van der Waals surface area contributed by atoms with Gasteiger partial charge in [-0.15, -0.1) is 0 Å². The number of hydrogen-bond donors (Lipinski definition) is 2. The predicted molar refractivity (Wildman–Crippen MR) is 79.6 cm³/mol. The number of hydrogen-bond acceptors (Lipinski definition) is 2. The van der Waals surface area contributed by atoms with Crippen LogP contribution in [-0.2, 0) is 0 Å². The molecule has 1 unspecified atom stereocenters. The van der Waals surface area contributed by atoms with Crippen molar-refractivity contribution in [2.24, 2.45) is 0 Å². The zero-order valence-corrected chi connectivity index (χ0v) is 12.5. The van der Waals surface area contributed by atoms with Crippen LogP contribution in [0.4, 0.5) is 4.79 Å². The number of nitrogens with zero attached hydrogens (tertiary/aromatic N) is 1. The summed E-state index contributed by atoms with van der Waals surface area (Å²) < 4.78 is 0. The molecule has 0 heterocycles. The molecule has 0 spiro atoms. The van der Waals surface area contributed by atoms with Crippen LogP contribution in [0.3, 0.4) is 0 Å². The highest BCUT2D eigenvalue weighted by Gasteiger charge is 2.08. The minimum absolute atomic E-state index is 0.0682. The van der Waals surface area contributed by atoms with Crippen LogP contribution in [0.15, 0.2) is 24.3 Å². The first-order valence-electron chi connectivity index (χ1n) is 6.48. The molecular weight excluding hydrogens is 262 g/mol. The second-order valence-corrected chi connectivity index (χ2v) is 5.03. The third kappa shape index (κ3) is 5.49. The fraction of sp³-hybridized carbons (Fsp3) is 0.500. The lowest BCUT2D eigenvalue weighted by Crippen LogP contribution is -2.39. The molecule has 1 aromatic rings. The zero-order chi connectivity index (χ0) is 14.3. The van der Waals surface area contributed by atoms with Crippen LogP contribution >= 0.6 is 11.6 Å². The second-order valence-electron chi connectivity index (χ2n) is 4.59. The van der Waals surface area contributed by atoms with Crippen LogP contribution in [0.25, 0.3) is 0 Å². The molecule has 1 aromatic carbocycles. The lowest BCUT2D eigenvalue weighted by atomic mass is 10.0. The molecule has 0 fully saturated rings. The van der Waals surface area contributed by atoms with Crippen molar-refractivity contribution in [2.45, 2.75) is 19.4 Å². The lowest BCUT2D eigenvalue weighted by Gasteiger charge is -2.18.